The standard InChI is InChI=1S/C16H26N2O/c1-2-3-4-5-6-7-11-14-17-16(19)18-15-12-9-8-10-13-15/h8-10,12-13H,2-7,11,14H2,1H3,(H2,17,18,19)/i11D. The number of para-hydroxylation sites is 1. The number of urea groups is 1. The van der Waals surface area contributed by atoms with E-state index in [-0.39, 0.29) is 12.4 Å². The molecule has 0 saturated heterocycles. The van der Waals surface area contributed by atoms with Gasteiger partial charge in [-0.05, 0) is 18.5 Å². The topological polar surface area (TPSA) is 41.1 Å². The van der Waals surface area contributed by atoms with Crippen molar-refractivity contribution in [1.82, 2.24) is 5.32 Å². The van der Waals surface area contributed by atoms with Crippen LogP contribution in [0.15, 0.2) is 30.3 Å². The summed E-state index contributed by atoms with van der Waals surface area (Å²) in [5, 5.41) is 5.49. The van der Waals surface area contributed by atoms with E-state index in [0.29, 0.717) is 6.54 Å². The van der Waals surface area contributed by atoms with E-state index in [1.807, 2.05) is 30.3 Å². The minimum Gasteiger partial charge on any atom is -0.338 e. The van der Waals surface area contributed by atoms with Crippen LogP contribution in [0.3, 0.4) is 0 Å². The van der Waals surface area contributed by atoms with Gasteiger partial charge in [0, 0.05) is 13.6 Å². The molecule has 2 amide bonds. The molecule has 1 rings (SSSR count). The Morgan fingerprint density at radius 1 is 1.11 bits per heavy atom. The molecule has 3 nitrogen and oxygen atoms in total. The third-order valence-corrected chi connectivity index (χ3v) is 2.95. The largest absolute Gasteiger partial charge is 0.338 e. The molecule has 0 aromatic heterocycles. The van der Waals surface area contributed by atoms with Gasteiger partial charge in [0.15, 0.2) is 0 Å². The number of benzene rings is 1. The van der Waals surface area contributed by atoms with Crippen molar-refractivity contribution in [2.75, 3.05) is 11.9 Å². The van der Waals surface area contributed by atoms with Gasteiger partial charge in [-0.2, -0.15) is 0 Å². The smallest absolute Gasteiger partial charge is 0.319 e. The lowest BCUT2D eigenvalue weighted by molar-refractivity contribution is 0.252. The molecule has 19 heavy (non-hydrogen) atoms. The van der Waals surface area contributed by atoms with Gasteiger partial charge in [0.05, 0.1) is 0 Å². The van der Waals surface area contributed by atoms with Gasteiger partial charge >= 0.3 is 6.03 Å². The van der Waals surface area contributed by atoms with Gasteiger partial charge in [-0.15, -0.1) is 0 Å². The molecule has 0 radical (unpaired) electrons. The molecule has 0 aliphatic carbocycles. The van der Waals surface area contributed by atoms with Crippen LogP contribution in [0.2, 0.25) is 0 Å². The van der Waals surface area contributed by atoms with Crippen LogP contribution in [-0.4, -0.2) is 12.6 Å². The van der Waals surface area contributed by atoms with Crippen LogP contribution in [-0.2, 0) is 0 Å². The highest BCUT2D eigenvalue weighted by Crippen LogP contribution is 2.06. The number of carbonyl (C=O) groups excluding carboxylic acids is 1. The molecule has 106 valence electrons. The maximum absolute atomic E-state index is 11.6. The van der Waals surface area contributed by atoms with Gasteiger partial charge in [-0.3, -0.25) is 0 Å². The van der Waals surface area contributed by atoms with Crippen molar-refractivity contribution in [2.45, 2.75) is 51.8 Å². The Labute approximate surface area is 118 Å². The second-order valence-electron chi connectivity index (χ2n) is 4.69. The number of hydrogen-bond acceptors (Lipinski definition) is 1. The molecule has 0 fully saturated rings. The van der Waals surface area contributed by atoms with Crippen molar-refractivity contribution in [3.05, 3.63) is 30.3 Å². The van der Waals surface area contributed by atoms with E-state index in [4.69, 9.17) is 1.37 Å². The average molecular weight is 263 g/mol. The summed E-state index contributed by atoms with van der Waals surface area (Å²) in [6.45, 7) is 2.61. The molecule has 1 aromatic rings. The molecule has 1 atom stereocenters. The van der Waals surface area contributed by atoms with Crippen LogP contribution in [0, 0.1) is 0 Å². The highest BCUT2D eigenvalue weighted by molar-refractivity contribution is 5.89. The van der Waals surface area contributed by atoms with E-state index < -0.39 is 0 Å². The van der Waals surface area contributed by atoms with E-state index in [2.05, 4.69) is 17.6 Å². The first-order valence-corrected chi connectivity index (χ1v) is 7.24. The van der Waals surface area contributed by atoms with Crippen molar-refractivity contribution < 1.29 is 6.17 Å². The molecule has 0 aliphatic heterocycles. The fourth-order valence-electron chi connectivity index (χ4n) is 1.86. The second-order valence-corrected chi connectivity index (χ2v) is 4.69. The molecular weight excluding hydrogens is 236 g/mol. The monoisotopic (exact) mass is 263 g/mol. The Balaban J connectivity index is 2.08. The number of amides is 2. The normalized spacial score (nSPS) is 12.6. The molecule has 1 aromatic carbocycles. The molecule has 1 unspecified atom stereocenters. The lowest BCUT2D eigenvalue weighted by Crippen LogP contribution is -2.29. The quantitative estimate of drug-likeness (QED) is 0.630. The van der Waals surface area contributed by atoms with E-state index in [0.717, 1.165) is 18.5 Å². The van der Waals surface area contributed by atoms with Crippen molar-refractivity contribution in [2.24, 2.45) is 0 Å². The Bertz CT molecular complexity index is 370. The Morgan fingerprint density at radius 3 is 2.53 bits per heavy atom. The first-order chi connectivity index (χ1) is 9.72. The van der Waals surface area contributed by atoms with Crippen LogP contribution in [0.4, 0.5) is 10.5 Å². The summed E-state index contributed by atoms with van der Waals surface area (Å²) in [4.78, 5) is 11.6. The zero-order valence-corrected chi connectivity index (χ0v) is 11.8. The predicted molar refractivity (Wildman–Crippen MR) is 81.5 cm³/mol. The lowest BCUT2D eigenvalue weighted by Gasteiger charge is -2.07. The van der Waals surface area contributed by atoms with Crippen molar-refractivity contribution in [3.8, 4) is 0 Å². The molecule has 0 aliphatic rings. The first-order valence-electron chi connectivity index (χ1n) is 7.82. The van der Waals surface area contributed by atoms with Crippen LogP contribution >= 0.6 is 0 Å². The average Bonchev–Trinajstić information content (AvgIpc) is 2.46. The van der Waals surface area contributed by atoms with Crippen LogP contribution in [0.1, 0.15) is 53.2 Å². The number of unbranched alkanes of at least 4 members (excludes halogenated alkanes) is 4. The molecule has 2 N–H and O–H groups in total. The SMILES string of the molecule is [2H]C(CCCCCCC)CNC(=O)Nc1ccccc1. The fraction of sp³-hybridized carbons (Fsp3) is 0.562. The highest BCUT2D eigenvalue weighted by atomic mass is 16.2. The predicted octanol–water partition coefficient (Wildman–Crippen LogP) is 4.56. The zero-order chi connectivity index (χ0) is 14.6. The molecule has 3 heteroatoms. The van der Waals surface area contributed by atoms with E-state index >= 15 is 0 Å². The first kappa shape index (κ1) is 13.9. The summed E-state index contributed by atoms with van der Waals surface area (Å²) in [6.07, 6.45) is 6.69. The van der Waals surface area contributed by atoms with Crippen LogP contribution in [0.5, 0.6) is 0 Å². The van der Waals surface area contributed by atoms with Gasteiger partial charge in [-0.25, -0.2) is 4.79 Å². The number of carbonyl (C=O) groups is 1. The summed E-state index contributed by atoms with van der Waals surface area (Å²) >= 11 is 0. The maximum Gasteiger partial charge on any atom is 0.319 e. The molecular formula is C16H26N2O. The summed E-state index contributed by atoms with van der Waals surface area (Å²) in [7, 11) is 0. The van der Waals surface area contributed by atoms with Crippen LogP contribution < -0.4 is 10.6 Å². The van der Waals surface area contributed by atoms with Crippen molar-refractivity contribution >= 4 is 11.7 Å². The highest BCUT2D eigenvalue weighted by Gasteiger charge is 1.99. The fourth-order valence-corrected chi connectivity index (χ4v) is 1.86. The molecule has 0 saturated carbocycles. The number of nitrogens with one attached hydrogen (secondary N) is 2. The summed E-state index contributed by atoms with van der Waals surface area (Å²) in [5.74, 6) is 0. The minimum absolute atomic E-state index is 0.210. The minimum atomic E-state index is -0.237. The zero-order valence-electron chi connectivity index (χ0n) is 12.8. The van der Waals surface area contributed by atoms with Gasteiger partial charge in [-0.1, -0.05) is 63.6 Å². The molecule has 0 heterocycles. The van der Waals surface area contributed by atoms with Crippen molar-refractivity contribution in [1.29, 1.82) is 0 Å². The summed E-state index contributed by atoms with van der Waals surface area (Å²) < 4.78 is 7.88. The van der Waals surface area contributed by atoms with E-state index in [1.54, 1.807) is 0 Å². The lowest BCUT2D eigenvalue weighted by atomic mass is 10.1. The third kappa shape index (κ3) is 8.25. The Kier molecular flexibility index (Phi) is 7.63. The Hall–Kier alpha value is -1.51. The summed E-state index contributed by atoms with van der Waals surface area (Å²) in [5.41, 5.74) is 0.770. The number of hydrogen-bond donors (Lipinski definition) is 2. The Morgan fingerprint density at radius 2 is 1.79 bits per heavy atom. The third-order valence-electron chi connectivity index (χ3n) is 2.95. The van der Waals surface area contributed by atoms with Gasteiger partial charge in [0.2, 0.25) is 0 Å². The van der Waals surface area contributed by atoms with Gasteiger partial charge in [0.25, 0.3) is 0 Å². The summed E-state index contributed by atoms with van der Waals surface area (Å²) in [6, 6.07) is 9.09. The second kappa shape index (κ2) is 10.4. The van der Waals surface area contributed by atoms with Gasteiger partial charge < -0.3 is 10.6 Å². The van der Waals surface area contributed by atoms with Crippen molar-refractivity contribution in [3.63, 3.8) is 0 Å². The number of anilines is 1. The molecule has 0 bridgehead atoms. The van der Waals surface area contributed by atoms with E-state index in [9.17, 15) is 4.79 Å². The van der Waals surface area contributed by atoms with E-state index in [1.165, 1.54) is 25.7 Å². The van der Waals surface area contributed by atoms with Crippen LogP contribution in [0.25, 0.3) is 0 Å². The maximum atomic E-state index is 11.6. The number of rotatable bonds is 9. The molecule has 0 spiro atoms. The van der Waals surface area contributed by atoms with Gasteiger partial charge in [0.1, 0.15) is 0 Å².